The summed E-state index contributed by atoms with van der Waals surface area (Å²) in [4.78, 5) is 4.42. The Bertz CT molecular complexity index is 638. The third kappa shape index (κ3) is 1.84. The van der Waals surface area contributed by atoms with Gasteiger partial charge < -0.3 is 5.32 Å². The van der Waals surface area contributed by atoms with Crippen LogP contribution in [0.5, 0.6) is 0 Å². The third-order valence-corrected chi connectivity index (χ3v) is 2.49. The maximum absolute atomic E-state index is 4.42. The van der Waals surface area contributed by atoms with E-state index in [0.29, 0.717) is 0 Å². The number of rotatable bonds is 3. The van der Waals surface area contributed by atoms with Crippen LogP contribution in [0.2, 0.25) is 0 Å². The third-order valence-electron chi connectivity index (χ3n) is 2.49. The van der Waals surface area contributed by atoms with Crippen LogP contribution in [0.4, 0.5) is 11.5 Å². The van der Waals surface area contributed by atoms with Crippen molar-refractivity contribution in [2.24, 2.45) is 0 Å². The summed E-state index contributed by atoms with van der Waals surface area (Å²) in [7, 11) is 0. The van der Waals surface area contributed by atoms with Crippen molar-refractivity contribution in [1.29, 1.82) is 0 Å². The lowest BCUT2D eigenvalue weighted by atomic mass is 10.5. The maximum Gasteiger partial charge on any atom is 0.157 e. The quantitative estimate of drug-likeness (QED) is 0.741. The Kier molecular flexibility index (Phi) is 2.25. The Labute approximate surface area is 97.9 Å². The number of nitrogens with one attached hydrogen (secondary N) is 1. The molecule has 6 nitrogen and oxygen atoms in total. The zero-order chi connectivity index (χ0) is 11.7. The van der Waals surface area contributed by atoms with Gasteiger partial charge in [-0.3, -0.25) is 4.68 Å². The standard InChI is InChI=1S/C11H12N6/c1-2-16-8-9(7-13-16)14-10-4-6-17-11(15-10)3-5-12-17/h3-8H,2H2,1H3,(H,14,15). The lowest BCUT2D eigenvalue weighted by molar-refractivity contribution is 0.660. The van der Waals surface area contributed by atoms with Gasteiger partial charge in [-0.1, -0.05) is 0 Å². The van der Waals surface area contributed by atoms with E-state index in [1.807, 2.05) is 36.1 Å². The molecule has 0 atom stereocenters. The van der Waals surface area contributed by atoms with Crippen LogP contribution < -0.4 is 5.32 Å². The fourth-order valence-corrected chi connectivity index (χ4v) is 1.63. The Morgan fingerprint density at radius 1 is 1.29 bits per heavy atom. The van der Waals surface area contributed by atoms with Crippen LogP contribution >= 0.6 is 0 Å². The highest BCUT2D eigenvalue weighted by Gasteiger charge is 2.01. The van der Waals surface area contributed by atoms with E-state index in [1.165, 1.54) is 0 Å². The van der Waals surface area contributed by atoms with E-state index in [-0.39, 0.29) is 0 Å². The van der Waals surface area contributed by atoms with Crippen molar-refractivity contribution in [1.82, 2.24) is 24.4 Å². The first-order valence-electron chi connectivity index (χ1n) is 5.45. The Morgan fingerprint density at radius 2 is 2.24 bits per heavy atom. The Hall–Kier alpha value is -2.37. The van der Waals surface area contributed by atoms with Gasteiger partial charge in [0.15, 0.2) is 5.65 Å². The van der Waals surface area contributed by atoms with Gasteiger partial charge in [0, 0.05) is 25.0 Å². The van der Waals surface area contributed by atoms with Crippen molar-refractivity contribution >= 4 is 17.2 Å². The van der Waals surface area contributed by atoms with Crippen molar-refractivity contribution in [3.8, 4) is 0 Å². The van der Waals surface area contributed by atoms with Crippen LogP contribution in [-0.4, -0.2) is 24.4 Å². The summed E-state index contributed by atoms with van der Waals surface area (Å²) in [6.07, 6.45) is 7.32. The highest BCUT2D eigenvalue weighted by Crippen LogP contribution is 2.13. The molecule has 86 valence electrons. The van der Waals surface area contributed by atoms with Gasteiger partial charge in [-0.05, 0) is 13.0 Å². The molecule has 6 heteroatoms. The minimum Gasteiger partial charge on any atom is -0.338 e. The Balaban J connectivity index is 1.88. The van der Waals surface area contributed by atoms with Crippen LogP contribution in [0.15, 0.2) is 36.9 Å². The minimum atomic E-state index is 0.786. The van der Waals surface area contributed by atoms with E-state index >= 15 is 0 Å². The molecule has 3 aromatic heterocycles. The highest BCUT2D eigenvalue weighted by molar-refractivity contribution is 5.56. The first kappa shape index (κ1) is 9.83. The molecule has 0 bridgehead atoms. The van der Waals surface area contributed by atoms with Gasteiger partial charge in [-0.25, -0.2) is 9.50 Å². The zero-order valence-electron chi connectivity index (χ0n) is 9.41. The lowest BCUT2D eigenvalue weighted by Crippen LogP contribution is -1.96. The fourth-order valence-electron chi connectivity index (χ4n) is 1.63. The predicted octanol–water partition coefficient (Wildman–Crippen LogP) is 1.69. The van der Waals surface area contributed by atoms with Crippen LogP contribution in [0.3, 0.4) is 0 Å². The number of anilines is 2. The second-order valence-corrected chi connectivity index (χ2v) is 3.66. The van der Waals surface area contributed by atoms with E-state index in [4.69, 9.17) is 0 Å². The summed E-state index contributed by atoms with van der Waals surface area (Å²) in [5.74, 6) is 0.786. The molecule has 0 spiro atoms. The summed E-state index contributed by atoms with van der Waals surface area (Å²) in [6, 6.07) is 3.74. The zero-order valence-corrected chi connectivity index (χ0v) is 9.41. The van der Waals surface area contributed by atoms with E-state index in [0.717, 1.165) is 23.7 Å². The van der Waals surface area contributed by atoms with Gasteiger partial charge in [0.1, 0.15) is 5.82 Å². The molecule has 0 saturated carbocycles. The van der Waals surface area contributed by atoms with Gasteiger partial charge >= 0.3 is 0 Å². The molecular weight excluding hydrogens is 216 g/mol. The van der Waals surface area contributed by atoms with Gasteiger partial charge in [0.2, 0.25) is 0 Å². The number of nitrogens with zero attached hydrogens (tertiary/aromatic N) is 5. The van der Waals surface area contributed by atoms with Gasteiger partial charge in [-0.2, -0.15) is 10.2 Å². The van der Waals surface area contributed by atoms with Crippen molar-refractivity contribution in [2.75, 3.05) is 5.32 Å². The molecule has 0 aliphatic rings. The summed E-state index contributed by atoms with van der Waals surface area (Å²) in [6.45, 7) is 2.91. The minimum absolute atomic E-state index is 0.786. The molecule has 17 heavy (non-hydrogen) atoms. The molecule has 0 aromatic carbocycles. The van der Waals surface area contributed by atoms with E-state index < -0.39 is 0 Å². The summed E-state index contributed by atoms with van der Waals surface area (Å²) < 4.78 is 3.58. The van der Waals surface area contributed by atoms with Crippen molar-refractivity contribution in [2.45, 2.75) is 13.5 Å². The van der Waals surface area contributed by atoms with E-state index in [2.05, 4.69) is 20.5 Å². The molecule has 0 fully saturated rings. The number of hydrogen-bond acceptors (Lipinski definition) is 4. The highest BCUT2D eigenvalue weighted by atomic mass is 15.3. The van der Waals surface area contributed by atoms with Crippen molar-refractivity contribution in [3.63, 3.8) is 0 Å². The summed E-state index contributed by atoms with van der Waals surface area (Å²) in [5, 5.41) is 11.5. The molecule has 0 amide bonds. The Morgan fingerprint density at radius 3 is 3.06 bits per heavy atom. The molecule has 0 radical (unpaired) electrons. The largest absolute Gasteiger partial charge is 0.338 e. The monoisotopic (exact) mass is 228 g/mol. The number of fused-ring (bicyclic) bond motifs is 1. The first-order chi connectivity index (χ1) is 8.35. The van der Waals surface area contributed by atoms with Crippen LogP contribution in [0.25, 0.3) is 5.65 Å². The number of aromatic nitrogens is 5. The molecular formula is C11H12N6. The molecule has 1 N–H and O–H groups in total. The second kappa shape index (κ2) is 3.89. The number of aryl methyl sites for hydroxylation is 1. The topological polar surface area (TPSA) is 60.0 Å². The van der Waals surface area contributed by atoms with Crippen molar-refractivity contribution < 1.29 is 0 Å². The fraction of sp³-hybridized carbons (Fsp3) is 0.182. The van der Waals surface area contributed by atoms with Crippen LogP contribution in [0.1, 0.15) is 6.92 Å². The molecule has 0 aliphatic carbocycles. The van der Waals surface area contributed by atoms with Gasteiger partial charge in [0.25, 0.3) is 0 Å². The summed E-state index contributed by atoms with van der Waals surface area (Å²) >= 11 is 0. The number of hydrogen-bond donors (Lipinski definition) is 1. The van der Waals surface area contributed by atoms with Crippen LogP contribution in [0, 0.1) is 0 Å². The molecule has 0 aliphatic heterocycles. The molecule has 3 aromatic rings. The van der Waals surface area contributed by atoms with Gasteiger partial charge in [-0.15, -0.1) is 0 Å². The molecule has 3 rings (SSSR count). The van der Waals surface area contributed by atoms with E-state index in [1.54, 1.807) is 16.9 Å². The predicted molar refractivity (Wildman–Crippen MR) is 64.2 cm³/mol. The summed E-state index contributed by atoms with van der Waals surface area (Å²) in [5.41, 5.74) is 1.75. The van der Waals surface area contributed by atoms with Crippen LogP contribution in [-0.2, 0) is 6.54 Å². The SMILES string of the molecule is CCn1cc(Nc2ccn3nccc3n2)cn1. The molecule has 0 unspecified atom stereocenters. The molecule has 0 saturated heterocycles. The van der Waals surface area contributed by atoms with Gasteiger partial charge in [0.05, 0.1) is 18.1 Å². The second-order valence-electron chi connectivity index (χ2n) is 3.66. The normalized spacial score (nSPS) is 10.9. The molecule has 3 heterocycles. The van der Waals surface area contributed by atoms with Crippen molar-refractivity contribution in [3.05, 3.63) is 36.9 Å². The maximum atomic E-state index is 4.42. The van der Waals surface area contributed by atoms with E-state index in [9.17, 15) is 0 Å². The average molecular weight is 228 g/mol. The lowest BCUT2D eigenvalue weighted by Gasteiger charge is -2.02. The first-order valence-corrected chi connectivity index (χ1v) is 5.45. The average Bonchev–Trinajstić information content (AvgIpc) is 2.96. The smallest absolute Gasteiger partial charge is 0.157 e.